The van der Waals surface area contributed by atoms with Gasteiger partial charge in [0.15, 0.2) is 0 Å². The van der Waals surface area contributed by atoms with Gasteiger partial charge in [0.1, 0.15) is 0 Å². The average Bonchev–Trinajstić information content (AvgIpc) is 2.01. The average molecular weight is 213 g/mol. The van der Waals surface area contributed by atoms with E-state index in [1.54, 1.807) is 0 Å². The van der Waals surface area contributed by atoms with Gasteiger partial charge in [-0.2, -0.15) is 0 Å². The third kappa shape index (κ3) is 3.47. The zero-order valence-corrected chi connectivity index (χ0v) is 9.43. The molecule has 0 bridgehead atoms. The van der Waals surface area contributed by atoms with E-state index in [4.69, 9.17) is 0 Å². The van der Waals surface area contributed by atoms with Gasteiger partial charge in [-0.15, -0.1) is 0 Å². The molecular formula is C10H15NO2S. The highest BCUT2D eigenvalue weighted by atomic mass is 32.2. The fraction of sp³-hybridized carbons (Fsp3) is 0.400. The van der Waals surface area contributed by atoms with Crippen LogP contribution < -0.4 is 4.72 Å². The highest BCUT2D eigenvalue weighted by Gasteiger charge is 2.10. The molecule has 78 valence electrons. The van der Waals surface area contributed by atoms with Crippen LogP contribution in [0.2, 0.25) is 0 Å². The zero-order chi connectivity index (χ0) is 10.8. The van der Waals surface area contributed by atoms with Crippen LogP contribution in [0.3, 0.4) is 0 Å². The molecule has 0 fully saturated rings. The molecule has 14 heavy (non-hydrogen) atoms. The zero-order valence-electron chi connectivity index (χ0n) is 8.61. The molecule has 1 atom stereocenters. The molecule has 1 unspecified atom stereocenters. The standard InChI is InChI=1S/C10H15NO2S/c1-8-5-4-6-10(7-8)9(2)11-14(3,12)13/h4-7,9,11H,1-3H3. The van der Waals surface area contributed by atoms with Gasteiger partial charge in [0.05, 0.1) is 6.26 Å². The normalized spacial score (nSPS) is 13.9. The van der Waals surface area contributed by atoms with E-state index in [-0.39, 0.29) is 6.04 Å². The lowest BCUT2D eigenvalue weighted by Gasteiger charge is -2.12. The summed E-state index contributed by atoms with van der Waals surface area (Å²) < 4.78 is 24.5. The van der Waals surface area contributed by atoms with E-state index in [9.17, 15) is 8.42 Å². The van der Waals surface area contributed by atoms with E-state index in [0.717, 1.165) is 11.1 Å². The van der Waals surface area contributed by atoms with Crippen molar-refractivity contribution in [2.24, 2.45) is 0 Å². The Morgan fingerprint density at radius 1 is 1.36 bits per heavy atom. The summed E-state index contributed by atoms with van der Waals surface area (Å²) >= 11 is 0. The van der Waals surface area contributed by atoms with Crippen LogP contribution in [0, 0.1) is 6.92 Å². The molecule has 1 N–H and O–H groups in total. The van der Waals surface area contributed by atoms with Crippen molar-refractivity contribution in [2.45, 2.75) is 19.9 Å². The molecule has 0 aromatic heterocycles. The smallest absolute Gasteiger partial charge is 0.209 e. The number of aryl methyl sites for hydroxylation is 1. The molecule has 0 aliphatic heterocycles. The van der Waals surface area contributed by atoms with Crippen molar-refractivity contribution in [3.8, 4) is 0 Å². The number of benzene rings is 1. The first-order valence-electron chi connectivity index (χ1n) is 4.42. The second kappa shape index (κ2) is 4.11. The largest absolute Gasteiger partial charge is 0.213 e. The highest BCUT2D eigenvalue weighted by molar-refractivity contribution is 7.88. The van der Waals surface area contributed by atoms with Crippen LogP contribution in [0.25, 0.3) is 0 Å². The Balaban J connectivity index is 2.85. The summed E-state index contributed by atoms with van der Waals surface area (Å²) in [5.74, 6) is 0. The third-order valence-electron chi connectivity index (χ3n) is 1.93. The van der Waals surface area contributed by atoms with E-state index < -0.39 is 10.0 Å². The molecule has 0 heterocycles. The van der Waals surface area contributed by atoms with E-state index >= 15 is 0 Å². The minimum atomic E-state index is -3.13. The Hall–Kier alpha value is -0.870. The molecule has 0 saturated carbocycles. The predicted octanol–water partition coefficient (Wildman–Crippen LogP) is 1.61. The van der Waals surface area contributed by atoms with Gasteiger partial charge in [0, 0.05) is 6.04 Å². The van der Waals surface area contributed by atoms with Crippen molar-refractivity contribution in [2.75, 3.05) is 6.26 Å². The number of sulfonamides is 1. The van der Waals surface area contributed by atoms with Gasteiger partial charge in [-0.25, -0.2) is 13.1 Å². The van der Waals surface area contributed by atoms with Gasteiger partial charge in [-0.05, 0) is 19.4 Å². The Kier molecular flexibility index (Phi) is 3.29. The van der Waals surface area contributed by atoms with E-state index in [0.29, 0.717) is 0 Å². The van der Waals surface area contributed by atoms with E-state index in [1.165, 1.54) is 6.26 Å². The SMILES string of the molecule is Cc1cccc(C(C)NS(C)(=O)=O)c1. The topological polar surface area (TPSA) is 46.2 Å². The molecule has 0 saturated heterocycles. The van der Waals surface area contributed by atoms with Gasteiger partial charge in [0.25, 0.3) is 0 Å². The molecule has 4 heteroatoms. The summed E-state index contributed by atoms with van der Waals surface area (Å²) in [4.78, 5) is 0. The first kappa shape index (κ1) is 11.2. The fourth-order valence-corrected chi connectivity index (χ4v) is 2.11. The van der Waals surface area contributed by atoms with Crippen LogP contribution in [0.15, 0.2) is 24.3 Å². The molecule has 3 nitrogen and oxygen atoms in total. The van der Waals surface area contributed by atoms with Gasteiger partial charge in [0.2, 0.25) is 10.0 Å². The summed E-state index contributed by atoms with van der Waals surface area (Å²) in [6, 6.07) is 7.62. The maximum Gasteiger partial charge on any atom is 0.209 e. The van der Waals surface area contributed by atoms with Gasteiger partial charge >= 0.3 is 0 Å². The van der Waals surface area contributed by atoms with Gasteiger partial charge in [-0.1, -0.05) is 29.8 Å². The van der Waals surface area contributed by atoms with Gasteiger partial charge < -0.3 is 0 Å². The van der Waals surface area contributed by atoms with Crippen molar-refractivity contribution in [1.82, 2.24) is 4.72 Å². The molecule has 0 aliphatic rings. The summed E-state index contributed by atoms with van der Waals surface area (Å²) in [6.45, 7) is 3.81. The Bertz CT molecular complexity index is 412. The van der Waals surface area contributed by atoms with Crippen molar-refractivity contribution >= 4 is 10.0 Å². The molecule has 0 aliphatic carbocycles. The maximum atomic E-state index is 11.0. The summed E-state index contributed by atoms with van der Waals surface area (Å²) in [5, 5.41) is 0. The lowest BCUT2D eigenvalue weighted by atomic mass is 10.1. The number of rotatable bonds is 3. The van der Waals surface area contributed by atoms with E-state index in [2.05, 4.69) is 4.72 Å². The molecular weight excluding hydrogens is 198 g/mol. The van der Waals surface area contributed by atoms with Crippen molar-refractivity contribution in [3.63, 3.8) is 0 Å². The summed E-state index contributed by atoms with van der Waals surface area (Å²) in [7, 11) is -3.13. The molecule has 1 aromatic carbocycles. The minimum Gasteiger partial charge on any atom is -0.213 e. The van der Waals surface area contributed by atoms with E-state index in [1.807, 2.05) is 38.1 Å². The predicted molar refractivity (Wildman–Crippen MR) is 57.6 cm³/mol. The molecule has 0 radical (unpaired) electrons. The van der Waals surface area contributed by atoms with Crippen molar-refractivity contribution in [1.29, 1.82) is 0 Å². The number of hydrogen-bond acceptors (Lipinski definition) is 2. The monoisotopic (exact) mass is 213 g/mol. The van der Waals surface area contributed by atoms with Crippen LogP contribution in [0.5, 0.6) is 0 Å². The Labute approximate surface area is 85.2 Å². The quantitative estimate of drug-likeness (QED) is 0.829. The Morgan fingerprint density at radius 2 is 2.00 bits per heavy atom. The van der Waals surface area contributed by atoms with Crippen molar-refractivity contribution in [3.05, 3.63) is 35.4 Å². The molecule has 0 amide bonds. The first-order chi connectivity index (χ1) is 6.38. The highest BCUT2D eigenvalue weighted by Crippen LogP contribution is 2.14. The maximum absolute atomic E-state index is 11.0. The van der Waals surface area contributed by atoms with Crippen molar-refractivity contribution < 1.29 is 8.42 Å². The fourth-order valence-electron chi connectivity index (χ4n) is 1.33. The van der Waals surface area contributed by atoms with Crippen LogP contribution in [0.1, 0.15) is 24.1 Å². The second-order valence-electron chi connectivity index (χ2n) is 3.53. The summed E-state index contributed by atoms with van der Waals surface area (Å²) in [5.41, 5.74) is 2.11. The Morgan fingerprint density at radius 3 is 2.50 bits per heavy atom. The lowest BCUT2D eigenvalue weighted by Crippen LogP contribution is -2.25. The summed E-state index contributed by atoms with van der Waals surface area (Å²) in [6.07, 6.45) is 1.17. The second-order valence-corrected chi connectivity index (χ2v) is 5.31. The molecule has 1 rings (SSSR count). The van der Waals surface area contributed by atoms with Crippen LogP contribution in [0.4, 0.5) is 0 Å². The first-order valence-corrected chi connectivity index (χ1v) is 6.31. The van der Waals surface area contributed by atoms with Gasteiger partial charge in [-0.3, -0.25) is 0 Å². The van der Waals surface area contributed by atoms with Crippen LogP contribution >= 0.6 is 0 Å². The van der Waals surface area contributed by atoms with Crippen LogP contribution in [-0.4, -0.2) is 14.7 Å². The number of nitrogens with one attached hydrogen (secondary N) is 1. The molecule has 0 spiro atoms. The van der Waals surface area contributed by atoms with Crippen LogP contribution in [-0.2, 0) is 10.0 Å². The number of hydrogen-bond donors (Lipinski definition) is 1. The lowest BCUT2D eigenvalue weighted by molar-refractivity contribution is 0.573. The minimum absolute atomic E-state index is 0.176. The molecule has 1 aromatic rings. The third-order valence-corrected chi connectivity index (χ3v) is 2.71.